The fraction of sp³-hybridized carbons (Fsp3) is 0.652. The van der Waals surface area contributed by atoms with Gasteiger partial charge in [-0.3, -0.25) is 15.8 Å². The smallest absolute Gasteiger partial charge is 0.416 e. The number of piperazine rings is 1. The molecule has 0 atom stereocenters. The van der Waals surface area contributed by atoms with Crippen LogP contribution in [0.25, 0.3) is 0 Å². The summed E-state index contributed by atoms with van der Waals surface area (Å²) >= 11 is 0. The molecular weight excluding hydrogens is 465 g/mol. The third-order valence-corrected chi connectivity index (χ3v) is 6.63. The fourth-order valence-electron chi connectivity index (χ4n) is 4.43. The lowest BCUT2D eigenvalue weighted by Crippen LogP contribution is -2.55. The molecule has 2 heterocycles. The summed E-state index contributed by atoms with van der Waals surface area (Å²) in [4.78, 5) is 23.8. The number of carbonyl (C=O) groups excluding carboxylic acids is 1. The maximum Gasteiger partial charge on any atom is 0.468 e. The lowest BCUT2D eigenvalue weighted by atomic mass is 9.91. The Morgan fingerprint density at radius 3 is 2.31 bits per heavy atom. The van der Waals surface area contributed by atoms with E-state index in [2.05, 4.69) is 21.5 Å². The molecule has 1 saturated heterocycles. The maximum absolute atomic E-state index is 13.5. The minimum absolute atomic E-state index is 0.0110. The third kappa shape index (κ3) is 7.14. The molecule has 1 aliphatic carbocycles. The van der Waals surface area contributed by atoms with Gasteiger partial charge in [0.05, 0.1) is 23.9 Å². The van der Waals surface area contributed by atoms with E-state index in [1.54, 1.807) is 13.2 Å². The van der Waals surface area contributed by atoms with Crippen molar-refractivity contribution in [2.24, 2.45) is 0 Å². The van der Waals surface area contributed by atoms with Crippen molar-refractivity contribution in [3.8, 4) is 0 Å². The van der Waals surface area contributed by atoms with Crippen molar-refractivity contribution in [1.29, 1.82) is 10.8 Å². The molecule has 2 N–H and O–H groups in total. The van der Waals surface area contributed by atoms with Crippen LogP contribution in [0.5, 0.6) is 0 Å². The molecule has 12 heteroatoms. The van der Waals surface area contributed by atoms with E-state index in [0.29, 0.717) is 18.8 Å². The van der Waals surface area contributed by atoms with E-state index >= 15 is 0 Å². The lowest BCUT2D eigenvalue weighted by molar-refractivity contribution is -0.0727. The van der Waals surface area contributed by atoms with Crippen molar-refractivity contribution in [3.63, 3.8) is 0 Å². The highest BCUT2D eigenvalue weighted by Gasteiger charge is 2.38. The second-order valence-corrected chi connectivity index (χ2v) is 8.79. The van der Waals surface area contributed by atoms with Gasteiger partial charge in [0.15, 0.2) is 0 Å². The number of nitrogens with one attached hydrogen (secondary N) is 2. The second kappa shape index (κ2) is 11.8. The van der Waals surface area contributed by atoms with Gasteiger partial charge in [0.25, 0.3) is 5.90 Å². The molecule has 2 aliphatic rings. The molecule has 0 aromatic carbocycles. The Labute approximate surface area is 203 Å². The summed E-state index contributed by atoms with van der Waals surface area (Å²) < 4.78 is 47.3. The molecule has 35 heavy (non-hydrogen) atoms. The van der Waals surface area contributed by atoms with E-state index in [1.807, 2.05) is 9.80 Å². The molecule has 3 rings (SSSR count). The quantitative estimate of drug-likeness (QED) is 0.462. The number of nitrogens with zero attached hydrogens (tertiary/aromatic N) is 4. The lowest BCUT2D eigenvalue weighted by Gasteiger charge is -2.41. The molecule has 0 bridgehead atoms. The monoisotopic (exact) mass is 498 g/mol. The summed E-state index contributed by atoms with van der Waals surface area (Å²) in [6.45, 7) is 6.27. The SMILES string of the molecule is CCN1CCN(C(=O)N(Cc2ccc(C(=N)OC(=N)C(F)(F)F)cn2)C2CCC(OC)CC2)CC1. The van der Waals surface area contributed by atoms with E-state index in [1.165, 1.54) is 12.3 Å². The zero-order valence-corrected chi connectivity index (χ0v) is 20.1. The number of methoxy groups -OCH3 is 1. The Morgan fingerprint density at radius 2 is 1.80 bits per heavy atom. The Morgan fingerprint density at radius 1 is 1.14 bits per heavy atom. The van der Waals surface area contributed by atoms with Crippen LogP contribution in [0.3, 0.4) is 0 Å². The first-order chi connectivity index (χ1) is 16.6. The van der Waals surface area contributed by atoms with Gasteiger partial charge < -0.3 is 24.2 Å². The highest BCUT2D eigenvalue weighted by atomic mass is 19.4. The van der Waals surface area contributed by atoms with Gasteiger partial charge in [0.1, 0.15) is 0 Å². The van der Waals surface area contributed by atoms with Crippen molar-refractivity contribution in [3.05, 3.63) is 29.6 Å². The molecule has 194 valence electrons. The highest BCUT2D eigenvalue weighted by Crippen LogP contribution is 2.27. The molecule has 2 amide bonds. The molecule has 2 fully saturated rings. The van der Waals surface area contributed by atoms with Gasteiger partial charge in [-0.25, -0.2) is 4.79 Å². The summed E-state index contributed by atoms with van der Waals surface area (Å²) in [5, 5.41) is 14.6. The van der Waals surface area contributed by atoms with E-state index in [0.717, 1.165) is 45.3 Å². The van der Waals surface area contributed by atoms with Crippen LogP contribution in [0.1, 0.15) is 43.9 Å². The second-order valence-electron chi connectivity index (χ2n) is 8.79. The molecule has 0 unspecified atom stereocenters. The number of ether oxygens (including phenoxy) is 2. The van der Waals surface area contributed by atoms with Crippen LogP contribution in [-0.4, -0.2) is 95.7 Å². The number of hydrogen-bond donors (Lipinski definition) is 2. The molecule has 1 aromatic heterocycles. The first-order valence-corrected chi connectivity index (χ1v) is 11.8. The Bertz CT molecular complexity index is 879. The number of carbonyl (C=O) groups is 1. The van der Waals surface area contributed by atoms with E-state index in [4.69, 9.17) is 15.6 Å². The minimum atomic E-state index is -4.97. The van der Waals surface area contributed by atoms with Gasteiger partial charge in [-0.15, -0.1) is 0 Å². The topological polar surface area (TPSA) is 106 Å². The van der Waals surface area contributed by atoms with Gasteiger partial charge in [-0.05, 0) is 44.4 Å². The van der Waals surface area contributed by atoms with E-state index in [-0.39, 0.29) is 30.3 Å². The van der Waals surface area contributed by atoms with Crippen molar-refractivity contribution < 1.29 is 27.4 Å². The van der Waals surface area contributed by atoms with Crippen molar-refractivity contribution >= 4 is 17.8 Å². The van der Waals surface area contributed by atoms with Gasteiger partial charge >= 0.3 is 12.2 Å². The number of urea groups is 1. The summed E-state index contributed by atoms with van der Waals surface area (Å²) in [5.41, 5.74) is 0.568. The zero-order valence-electron chi connectivity index (χ0n) is 20.1. The summed E-state index contributed by atoms with van der Waals surface area (Å²) in [7, 11) is 1.70. The zero-order chi connectivity index (χ0) is 25.6. The summed E-state index contributed by atoms with van der Waals surface area (Å²) in [5.74, 6) is -2.77. The Hall–Kier alpha value is -2.73. The highest BCUT2D eigenvalue weighted by molar-refractivity contribution is 6.00. The van der Waals surface area contributed by atoms with Crippen molar-refractivity contribution in [2.75, 3.05) is 39.8 Å². The molecule has 1 aliphatic heterocycles. The molecule has 0 radical (unpaired) electrons. The van der Waals surface area contributed by atoms with Crippen LogP contribution in [0.4, 0.5) is 18.0 Å². The molecule has 9 nitrogen and oxygen atoms in total. The number of amides is 2. The summed E-state index contributed by atoms with van der Waals surface area (Å²) in [6, 6.07) is 2.98. The van der Waals surface area contributed by atoms with Crippen LogP contribution in [0.2, 0.25) is 0 Å². The molecule has 0 spiro atoms. The van der Waals surface area contributed by atoms with Gasteiger partial charge in [-0.2, -0.15) is 13.2 Å². The normalized spacial score (nSPS) is 21.5. The maximum atomic E-state index is 13.5. The van der Waals surface area contributed by atoms with Crippen LogP contribution in [0.15, 0.2) is 18.3 Å². The summed E-state index contributed by atoms with van der Waals surface area (Å²) in [6.07, 6.45) is -0.196. The molecule has 1 aromatic rings. The Kier molecular flexibility index (Phi) is 9.06. The Balaban J connectivity index is 1.70. The van der Waals surface area contributed by atoms with Gasteiger partial charge in [0.2, 0.25) is 5.90 Å². The molecule has 1 saturated carbocycles. The van der Waals surface area contributed by atoms with Crippen LogP contribution >= 0.6 is 0 Å². The van der Waals surface area contributed by atoms with Crippen LogP contribution in [0, 0.1) is 10.8 Å². The number of aromatic nitrogens is 1. The number of rotatable bonds is 6. The largest absolute Gasteiger partial charge is 0.468 e. The van der Waals surface area contributed by atoms with Gasteiger partial charge in [-0.1, -0.05) is 6.92 Å². The van der Waals surface area contributed by atoms with Crippen molar-refractivity contribution in [2.45, 2.75) is 57.5 Å². The predicted octanol–water partition coefficient (Wildman–Crippen LogP) is 3.48. The predicted molar refractivity (Wildman–Crippen MR) is 124 cm³/mol. The number of pyridine rings is 1. The molecular formula is C23H33F3N6O3. The number of hydrogen-bond acceptors (Lipinski definition) is 7. The average molecular weight is 499 g/mol. The first kappa shape index (κ1) is 26.9. The van der Waals surface area contributed by atoms with Crippen LogP contribution < -0.4 is 0 Å². The number of halogens is 3. The van der Waals surface area contributed by atoms with Crippen molar-refractivity contribution in [1.82, 2.24) is 19.7 Å². The van der Waals surface area contributed by atoms with Gasteiger partial charge in [0, 0.05) is 45.5 Å². The fourth-order valence-corrected chi connectivity index (χ4v) is 4.43. The number of alkyl halides is 3. The average Bonchev–Trinajstić information content (AvgIpc) is 2.86. The van der Waals surface area contributed by atoms with E-state index < -0.39 is 18.0 Å². The minimum Gasteiger partial charge on any atom is -0.416 e. The third-order valence-electron chi connectivity index (χ3n) is 6.63. The van der Waals surface area contributed by atoms with E-state index in [9.17, 15) is 18.0 Å². The standard InChI is InChI=1S/C23H33F3N6O3/c1-3-30-10-12-31(13-11-30)22(33)32(18-6-8-19(34-2)9-7-18)15-17-5-4-16(14-29-17)20(27)35-21(28)23(24,25)26/h4-5,14,18-19,27-28H,3,6-13,15H2,1-2H3. The van der Waals surface area contributed by atoms with Crippen LogP contribution in [-0.2, 0) is 16.0 Å². The number of likely N-dealkylation sites (N-methyl/N-ethyl adjacent to an activating group) is 1. The first-order valence-electron chi connectivity index (χ1n) is 11.8.